The molecule has 0 fully saturated rings. The largest absolute Gasteiger partial charge is 0.453 e. The van der Waals surface area contributed by atoms with Crippen molar-refractivity contribution in [1.82, 2.24) is 4.57 Å². The maximum atomic E-state index is 12.7. The molecule has 0 aliphatic rings. The van der Waals surface area contributed by atoms with Gasteiger partial charge in [-0.2, -0.15) is 22.0 Å². The van der Waals surface area contributed by atoms with Crippen LogP contribution in [-0.2, 0) is 18.0 Å². The second-order valence-electron chi connectivity index (χ2n) is 4.42. The lowest BCUT2D eigenvalue weighted by Crippen LogP contribution is -2.36. The number of ketones is 1. The number of carbonyl (C=O) groups is 1. The van der Waals surface area contributed by atoms with E-state index in [0.29, 0.717) is 4.57 Å². The average molecular weight is 332 g/mol. The maximum Gasteiger partial charge on any atom is 0.453 e. The Morgan fingerprint density at radius 3 is 2.32 bits per heavy atom. The van der Waals surface area contributed by atoms with Gasteiger partial charge in [0.15, 0.2) is 5.78 Å². The van der Waals surface area contributed by atoms with Crippen molar-refractivity contribution < 1.29 is 36.1 Å². The summed E-state index contributed by atoms with van der Waals surface area (Å²) in [6.07, 6.45) is -7.64. The molecule has 0 aromatic carbocycles. The Labute approximate surface area is 119 Å². The van der Waals surface area contributed by atoms with Crippen LogP contribution in [0.2, 0.25) is 0 Å². The lowest BCUT2D eigenvalue weighted by atomic mass is 10.1. The first kappa shape index (κ1) is 18.0. The number of rotatable bonds is 7. The van der Waals surface area contributed by atoms with Gasteiger partial charge in [-0.25, -0.2) is 8.96 Å². The zero-order valence-corrected chi connectivity index (χ0v) is 10.9. The molecule has 5 nitrogen and oxygen atoms in total. The van der Waals surface area contributed by atoms with Crippen LogP contribution < -0.4 is 0 Å². The molecular weight excluding hydrogens is 322 g/mol. The number of aromatic nitrogens is 1. The fourth-order valence-electron chi connectivity index (χ4n) is 1.67. The fraction of sp³-hybridized carbons (Fsp3) is 0.545. The maximum absolute atomic E-state index is 12.7. The SMILES string of the molecule is O=C(CCC(F)(F)C(F)(F)F)Cn1ccc(CF)c1[N+](=O)[O-]. The van der Waals surface area contributed by atoms with Crippen molar-refractivity contribution in [3.8, 4) is 0 Å². The molecule has 0 N–H and O–H groups in total. The van der Waals surface area contributed by atoms with Gasteiger partial charge in [-0.3, -0.25) is 4.79 Å². The predicted molar refractivity (Wildman–Crippen MR) is 61.1 cm³/mol. The highest BCUT2D eigenvalue weighted by molar-refractivity contribution is 5.78. The lowest BCUT2D eigenvalue weighted by molar-refractivity contribution is -0.392. The third kappa shape index (κ3) is 3.98. The first-order chi connectivity index (χ1) is 9.99. The summed E-state index contributed by atoms with van der Waals surface area (Å²) in [7, 11) is 0. The van der Waals surface area contributed by atoms with Crippen molar-refractivity contribution in [3.05, 3.63) is 27.9 Å². The zero-order valence-electron chi connectivity index (χ0n) is 10.9. The molecule has 0 saturated heterocycles. The second kappa shape index (κ2) is 6.36. The molecule has 1 heterocycles. The molecule has 0 atom stereocenters. The van der Waals surface area contributed by atoms with Crippen molar-refractivity contribution in [1.29, 1.82) is 0 Å². The van der Waals surface area contributed by atoms with Crippen molar-refractivity contribution >= 4 is 11.6 Å². The highest BCUT2D eigenvalue weighted by Gasteiger charge is 2.56. The molecule has 0 aliphatic heterocycles. The van der Waals surface area contributed by atoms with Crippen LogP contribution in [0.1, 0.15) is 18.4 Å². The van der Waals surface area contributed by atoms with Crippen molar-refractivity contribution in [2.24, 2.45) is 0 Å². The van der Waals surface area contributed by atoms with Gasteiger partial charge in [-0.1, -0.05) is 0 Å². The van der Waals surface area contributed by atoms with Crippen LogP contribution in [0, 0.1) is 10.1 Å². The van der Waals surface area contributed by atoms with Gasteiger partial charge in [0.25, 0.3) is 0 Å². The number of Topliss-reactive ketones (excluding diaryl/α,β-unsaturated/α-hetero) is 1. The van der Waals surface area contributed by atoms with E-state index in [0.717, 1.165) is 12.3 Å². The van der Waals surface area contributed by atoms with E-state index in [2.05, 4.69) is 0 Å². The van der Waals surface area contributed by atoms with E-state index in [1.54, 1.807) is 0 Å². The molecule has 0 amide bonds. The summed E-state index contributed by atoms with van der Waals surface area (Å²) in [5.41, 5.74) is -0.321. The number of halogens is 6. The quantitative estimate of drug-likeness (QED) is 0.437. The Bertz CT molecular complexity index is 567. The van der Waals surface area contributed by atoms with Gasteiger partial charge in [-0.15, -0.1) is 0 Å². The summed E-state index contributed by atoms with van der Waals surface area (Å²) in [5.74, 6) is -6.82. The van der Waals surface area contributed by atoms with Gasteiger partial charge in [0.2, 0.25) is 0 Å². The highest BCUT2D eigenvalue weighted by Crippen LogP contribution is 2.38. The number of alkyl halides is 6. The first-order valence-corrected chi connectivity index (χ1v) is 5.84. The molecule has 22 heavy (non-hydrogen) atoms. The van der Waals surface area contributed by atoms with E-state index >= 15 is 0 Å². The van der Waals surface area contributed by atoms with Crippen LogP contribution in [0.3, 0.4) is 0 Å². The standard InChI is InChI=1S/C11H10F6N2O3/c12-5-7-2-4-18(9(7)19(21)22)6-8(20)1-3-10(13,14)11(15,16)17/h2,4H,1,3,5-6H2. The highest BCUT2D eigenvalue weighted by atomic mass is 19.4. The molecule has 11 heteroatoms. The van der Waals surface area contributed by atoms with E-state index in [-0.39, 0.29) is 5.56 Å². The van der Waals surface area contributed by atoms with E-state index in [1.165, 1.54) is 0 Å². The number of hydrogen-bond acceptors (Lipinski definition) is 3. The van der Waals surface area contributed by atoms with Crippen LogP contribution in [0.25, 0.3) is 0 Å². The van der Waals surface area contributed by atoms with Crippen LogP contribution in [0.15, 0.2) is 12.3 Å². The average Bonchev–Trinajstić information content (AvgIpc) is 2.78. The Kier molecular flexibility index (Phi) is 5.20. The Morgan fingerprint density at radius 2 is 1.86 bits per heavy atom. The van der Waals surface area contributed by atoms with Crippen LogP contribution in [0.5, 0.6) is 0 Å². The van der Waals surface area contributed by atoms with Crippen molar-refractivity contribution in [3.63, 3.8) is 0 Å². The smallest absolute Gasteiger partial charge is 0.358 e. The third-order valence-corrected chi connectivity index (χ3v) is 2.81. The minimum atomic E-state index is -5.77. The topological polar surface area (TPSA) is 65.1 Å². The van der Waals surface area contributed by atoms with Crippen molar-refractivity contribution in [2.45, 2.75) is 38.2 Å². The van der Waals surface area contributed by atoms with E-state index < -0.39 is 54.7 Å². The minimum absolute atomic E-state index is 0.321. The van der Waals surface area contributed by atoms with E-state index in [9.17, 15) is 41.3 Å². The van der Waals surface area contributed by atoms with E-state index in [1.807, 2.05) is 0 Å². The molecule has 0 bridgehead atoms. The Hall–Kier alpha value is -2.07. The van der Waals surface area contributed by atoms with Gasteiger partial charge in [-0.05, 0) is 11.0 Å². The van der Waals surface area contributed by atoms with Crippen molar-refractivity contribution in [2.75, 3.05) is 0 Å². The Morgan fingerprint density at radius 1 is 1.27 bits per heavy atom. The molecule has 1 aromatic heterocycles. The summed E-state index contributed by atoms with van der Waals surface area (Å²) in [4.78, 5) is 21.2. The molecular formula is C11H10F6N2O3. The van der Waals surface area contributed by atoms with Crippen LogP contribution in [-0.4, -0.2) is 27.4 Å². The zero-order chi connectivity index (χ0) is 17.1. The Balaban J connectivity index is 2.75. The summed E-state index contributed by atoms with van der Waals surface area (Å²) < 4.78 is 74.3. The van der Waals surface area contributed by atoms with Gasteiger partial charge in [0, 0.05) is 12.8 Å². The summed E-state index contributed by atoms with van der Waals surface area (Å²) in [6.45, 7) is -1.96. The first-order valence-electron chi connectivity index (χ1n) is 5.84. The van der Waals surface area contributed by atoms with Gasteiger partial charge >= 0.3 is 17.9 Å². The molecule has 1 rings (SSSR count). The molecule has 1 aromatic rings. The molecule has 124 valence electrons. The predicted octanol–water partition coefficient (Wildman–Crippen LogP) is 3.41. The number of hydrogen-bond donors (Lipinski definition) is 0. The molecule has 0 spiro atoms. The molecule has 0 saturated carbocycles. The summed E-state index contributed by atoms with van der Waals surface area (Å²) in [5, 5.41) is 10.7. The summed E-state index contributed by atoms with van der Waals surface area (Å²) in [6, 6.07) is 1.02. The van der Waals surface area contributed by atoms with Crippen LogP contribution in [0.4, 0.5) is 32.2 Å². The van der Waals surface area contributed by atoms with E-state index in [4.69, 9.17) is 0 Å². The second-order valence-corrected chi connectivity index (χ2v) is 4.42. The summed E-state index contributed by atoms with van der Waals surface area (Å²) >= 11 is 0. The lowest BCUT2D eigenvalue weighted by Gasteiger charge is -2.18. The van der Waals surface area contributed by atoms with Gasteiger partial charge < -0.3 is 10.1 Å². The normalized spacial score (nSPS) is 12.5. The molecule has 0 unspecified atom stereocenters. The number of carbonyl (C=O) groups excluding carboxylic acids is 1. The van der Waals surface area contributed by atoms with Gasteiger partial charge in [0.05, 0.1) is 11.8 Å². The molecule has 0 radical (unpaired) electrons. The number of nitrogens with zero attached hydrogens (tertiary/aromatic N) is 2. The van der Waals surface area contributed by atoms with Gasteiger partial charge in [0.1, 0.15) is 13.2 Å². The number of nitro groups is 1. The third-order valence-electron chi connectivity index (χ3n) is 2.81. The monoisotopic (exact) mass is 332 g/mol. The fourth-order valence-corrected chi connectivity index (χ4v) is 1.67. The minimum Gasteiger partial charge on any atom is -0.358 e. The van der Waals surface area contributed by atoms with Crippen LogP contribution >= 0.6 is 0 Å². The molecule has 0 aliphatic carbocycles.